The molecule has 0 spiro atoms. The minimum Gasteiger partial charge on any atom is -0.508 e. The number of aromatic hydroxyl groups is 1. The number of hydrogen-bond donors (Lipinski definition) is 2. The highest BCUT2D eigenvalue weighted by Crippen LogP contribution is 2.63. The highest BCUT2D eigenvalue weighted by Gasteiger charge is 2.56. The summed E-state index contributed by atoms with van der Waals surface area (Å²) in [6, 6.07) is 8.01. The van der Waals surface area contributed by atoms with Crippen LogP contribution in [0, 0.1) is 23.7 Å². The standard InChI is InChI=1S/C23H34O2/c1-2-3-4-5-6-21(25)22-17-11-16-12-18(22)15-23(13-16,14-17)19-7-9-20(24)10-8-19/h7-10,16-18,21-22,24-25H,2-6,11-15H2,1H3/t16-,17-,18+,21-,22?,23-/m0/s1. The number of aliphatic hydroxyl groups excluding tert-OH is 1. The predicted octanol–water partition coefficient (Wildman–Crippen LogP) is 5.42. The second-order valence-electron chi connectivity index (χ2n) is 9.29. The Hall–Kier alpha value is -1.02. The van der Waals surface area contributed by atoms with E-state index in [4.69, 9.17) is 0 Å². The van der Waals surface area contributed by atoms with Gasteiger partial charge in [-0.05, 0) is 85.3 Å². The van der Waals surface area contributed by atoms with Crippen molar-refractivity contribution in [3.63, 3.8) is 0 Å². The molecule has 4 aliphatic rings. The minimum absolute atomic E-state index is 0.0799. The lowest BCUT2D eigenvalue weighted by Crippen LogP contribution is -2.55. The fourth-order valence-electron chi connectivity index (χ4n) is 6.83. The zero-order valence-corrected chi connectivity index (χ0v) is 15.7. The van der Waals surface area contributed by atoms with Gasteiger partial charge in [-0.15, -0.1) is 0 Å². The summed E-state index contributed by atoms with van der Waals surface area (Å²) in [4.78, 5) is 0. The van der Waals surface area contributed by atoms with Crippen molar-refractivity contribution in [3.8, 4) is 5.75 Å². The van der Waals surface area contributed by atoms with Gasteiger partial charge in [-0.3, -0.25) is 0 Å². The van der Waals surface area contributed by atoms with Crippen molar-refractivity contribution < 1.29 is 10.2 Å². The van der Waals surface area contributed by atoms with Gasteiger partial charge < -0.3 is 10.2 Å². The molecule has 4 fully saturated rings. The van der Waals surface area contributed by atoms with E-state index in [-0.39, 0.29) is 6.10 Å². The van der Waals surface area contributed by atoms with Crippen LogP contribution in [0.15, 0.2) is 24.3 Å². The Bertz CT molecular complexity index is 562. The van der Waals surface area contributed by atoms with E-state index in [0.717, 1.165) is 12.3 Å². The van der Waals surface area contributed by atoms with Crippen molar-refractivity contribution in [3.05, 3.63) is 29.8 Å². The third-order valence-corrected chi connectivity index (χ3v) is 7.62. The molecule has 1 unspecified atom stereocenters. The van der Waals surface area contributed by atoms with Crippen LogP contribution in [-0.4, -0.2) is 16.3 Å². The highest BCUT2D eigenvalue weighted by molar-refractivity contribution is 5.34. The molecule has 0 aliphatic heterocycles. The summed E-state index contributed by atoms with van der Waals surface area (Å²) in [5.74, 6) is 3.19. The van der Waals surface area contributed by atoms with E-state index in [9.17, 15) is 10.2 Å². The quantitative estimate of drug-likeness (QED) is 0.650. The second-order valence-corrected chi connectivity index (χ2v) is 9.29. The fraction of sp³-hybridized carbons (Fsp3) is 0.739. The smallest absolute Gasteiger partial charge is 0.115 e. The van der Waals surface area contributed by atoms with Crippen molar-refractivity contribution in [2.45, 2.75) is 82.7 Å². The largest absolute Gasteiger partial charge is 0.508 e. The van der Waals surface area contributed by atoms with Gasteiger partial charge in [0.2, 0.25) is 0 Å². The number of aliphatic hydroxyl groups is 1. The van der Waals surface area contributed by atoms with Gasteiger partial charge in [-0.25, -0.2) is 0 Å². The number of unbranched alkanes of at least 4 members (excludes halogenated alkanes) is 3. The van der Waals surface area contributed by atoms with Crippen LogP contribution in [0.1, 0.15) is 76.7 Å². The number of hydrogen-bond acceptors (Lipinski definition) is 2. The maximum Gasteiger partial charge on any atom is 0.115 e. The number of rotatable bonds is 7. The van der Waals surface area contributed by atoms with Crippen LogP contribution in [0.2, 0.25) is 0 Å². The molecule has 0 saturated heterocycles. The molecule has 5 rings (SSSR count). The maximum absolute atomic E-state index is 10.9. The van der Waals surface area contributed by atoms with Gasteiger partial charge in [-0.1, -0.05) is 44.7 Å². The third-order valence-electron chi connectivity index (χ3n) is 7.62. The molecule has 1 aromatic rings. The molecule has 2 nitrogen and oxygen atoms in total. The molecular formula is C23H34O2. The fourth-order valence-corrected chi connectivity index (χ4v) is 6.83. The van der Waals surface area contributed by atoms with E-state index < -0.39 is 0 Å². The Kier molecular flexibility index (Phi) is 4.83. The Morgan fingerprint density at radius 1 is 1.00 bits per heavy atom. The zero-order chi connectivity index (χ0) is 17.4. The van der Waals surface area contributed by atoms with Crippen LogP contribution in [0.3, 0.4) is 0 Å². The van der Waals surface area contributed by atoms with E-state index in [1.807, 2.05) is 12.1 Å². The van der Waals surface area contributed by atoms with Crippen LogP contribution in [-0.2, 0) is 5.41 Å². The monoisotopic (exact) mass is 342 g/mol. The van der Waals surface area contributed by atoms with Crippen molar-refractivity contribution >= 4 is 0 Å². The first-order valence-electron chi connectivity index (χ1n) is 10.6. The maximum atomic E-state index is 10.9. The van der Waals surface area contributed by atoms with Gasteiger partial charge in [0.15, 0.2) is 0 Å². The Labute approximate surface area is 152 Å². The van der Waals surface area contributed by atoms with Crippen LogP contribution < -0.4 is 0 Å². The number of benzene rings is 1. The van der Waals surface area contributed by atoms with Crippen molar-refractivity contribution in [2.75, 3.05) is 0 Å². The SMILES string of the molecule is CCCCCC[C@H](O)C1[C@@H]2C[C@@H]3C[C@H]1C[C@@](c1ccc(O)cc1)(C3)C2. The number of phenolic OH excluding ortho intramolecular Hbond substituents is 1. The second kappa shape index (κ2) is 6.95. The first-order chi connectivity index (χ1) is 12.1. The molecule has 1 aromatic carbocycles. The summed E-state index contributed by atoms with van der Waals surface area (Å²) in [5, 5.41) is 20.6. The van der Waals surface area contributed by atoms with Crippen molar-refractivity contribution in [1.82, 2.24) is 0 Å². The zero-order valence-electron chi connectivity index (χ0n) is 15.7. The highest BCUT2D eigenvalue weighted by atomic mass is 16.3. The minimum atomic E-state index is -0.0799. The first kappa shape index (κ1) is 17.4. The van der Waals surface area contributed by atoms with Gasteiger partial charge in [-0.2, -0.15) is 0 Å². The molecule has 0 amide bonds. The summed E-state index contributed by atoms with van der Waals surface area (Å²) in [5.41, 5.74) is 1.75. The molecule has 2 heteroatoms. The van der Waals surface area contributed by atoms with Crippen LogP contribution in [0.5, 0.6) is 5.75 Å². The summed E-state index contributed by atoms with van der Waals surface area (Å²) < 4.78 is 0. The molecule has 6 atom stereocenters. The van der Waals surface area contributed by atoms with E-state index in [0.29, 0.717) is 28.9 Å². The van der Waals surface area contributed by atoms with Crippen molar-refractivity contribution in [1.29, 1.82) is 0 Å². The average molecular weight is 343 g/mol. The molecule has 25 heavy (non-hydrogen) atoms. The first-order valence-corrected chi connectivity index (χ1v) is 10.6. The molecule has 2 N–H and O–H groups in total. The Morgan fingerprint density at radius 2 is 1.68 bits per heavy atom. The molecule has 4 saturated carbocycles. The van der Waals surface area contributed by atoms with Gasteiger partial charge in [0.05, 0.1) is 6.10 Å². The predicted molar refractivity (Wildman–Crippen MR) is 102 cm³/mol. The van der Waals surface area contributed by atoms with E-state index in [1.165, 1.54) is 63.4 Å². The van der Waals surface area contributed by atoms with Gasteiger partial charge >= 0.3 is 0 Å². The number of phenols is 1. The van der Waals surface area contributed by atoms with E-state index >= 15 is 0 Å². The van der Waals surface area contributed by atoms with E-state index in [2.05, 4.69) is 19.1 Å². The Morgan fingerprint density at radius 3 is 2.32 bits per heavy atom. The Balaban J connectivity index is 1.47. The van der Waals surface area contributed by atoms with Crippen molar-refractivity contribution in [2.24, 2.45) is 23.7 Å². The van der Waals surface area contributed by atoms with E-state index in [1.54, 1.807) is 0 Å². The van der Waals surface area contributed by atoms with Gasteiger partial charge in [0, 0.05) is 0 Å². The molecule has 0 radical (unpaired) electrons. The normalized spacial score (nSPS) is 37.4. The molecule has 4 aliphatic carbocycles. The molecule has 0 aromatic heterocycles. The summed E-state index contributed by atoms with van der Waals surface area (Å²) >= 11 is 0. The molecule has 0 heterocycles. The van der Waals surface area contributed by atoms with Crippen LogP contribution in [0.4, 0.5) is 0 Å². The summed E-state index contributed by atoms with van der Waals surface area (Å²) in [6.07, 6.45) is 12.5. The summed E-state index contributed by atoms with van der Waals surface area (Å²) in [6.45, 7) is 2.25. The molecular weight excluding hydrogens is 308 g/mol. The van der Waals surface area contributed by atoms with Gasteiger partial charge in [0.1, 0.15) is 5.75 Å². The average Bonchev–Trinajstić information content (AvgIpc) is 2.58. The van der Waals surface area contributed by atoms with Crippen LogP contribution in [0.25, 0.3) is 0 Å². The molecule has 138 valence electrons. The lowest BCUT2D eigenvalue weighted by Gasteiger charge is -2.61. The van der Waals surface area contributed by atoms with Gasteiger partial charge in [0.25, 0.3) is 0 Å². The lowest BCUT2D eigenvalue weighted by molar-refractivity contribution is -0.104. The topological polar surface area (TPSA) is 40.5 Å². The summed E-state index contributed by atoms with van der Waals surface area (Å²) in [7, 11) is 0. The lowest BCUT2D eigenvalue weighted by atomic mass is 9.44. The third kappa shape index (κ3) is 3.23. The van der Waals surface area contributed by atoms with Crippen LogP contribution >= 0.6 is 0 Å². The molecule has 4 bridgehead atoms.